The van der Waals surface area contributed by atoms with Crippen molar-refractivity contribution in [2.75, 3.05) is 12.4 Å². The van der Waals surface area contributed by atoms with Gasteiger partial charge < -0.3 is 10.1 Å². The van der Waals surface area contributed by atoms with Crippen LogP contribution in [0.2, 0.25) is 0 Å². The summed E-state index contributed by atoms with van der Waals surface area (Å²) in [4.78, 5) is 11.9. The fourth-order valence-electron chi connectivity index (χ4n) is 1.79. The van der Waals surface area contributed by atoms with Gasteiger partial charge >= 0.3 is 0 Å². The monoisotopic (exact) mass is 259 g/mol. The van der Waals surface area contributed by atoms with Crippen molar-refractivity contribution in [2.24, 2.45) is 0 Å². The Bertz CT molecular complexity index is 523. The lowest BCUT2D eigenvalue weighted by Gasteiger charge is -2.10. The summed E-state index contributed by atoms with van der Waals surface area (Å²) >= 11 is 0. The molecule has 0 fully saturated rings. The van der Waals surface area contributed by atoms with Crippen LogP contribution in [0.3, 0.4) is 0 Å². The standard InChI is InChI=1S/C14H17N3O2/c1-19-11-12-5-2-3-6-13(12)16-14(18)7-10-17-9-4-8-15-17/h2-6,8-9H,7,10-11H2,1H3,(H,16,18). The fraction of sp³-hybridized carbons (Fsp3) is 0.286. The van der Waals surface area contributed by atoms with Gasteiger partial charge in [-0.25, -0.2) is 0 Å². The molecule has 19 heavy (non-hydrogen) atoms. The molecule has 0 unspecified atom stereocenters. The molecular weight excluding hydrogens is 242 g/mol. The van der Waals surface area contributed by atoms with Gasteiger partial charge in [-0.1, -0.05) is 18.2 Å². The van der Waals surface area contributed by atoms with Gasteiger partial charge in [-0.15, -0.1) is 0 Å². The Labute approximate surface area is 112 Å². The predicted octanol–water partition coefficient (Wildman–Crippen LogP) is 2.06. The molecule has 5 heteroatoms. The molecule has 100 valence electrons. The Morgan fingerprint density at radius 2 is 2.21 bits per heavy atom. The lowest BCUT2D eigenvalue weighted by molar-refractivity contribution is -0.116. The van der Waals surface area contributed by atoms with Crippen molar-refractivity contribution in [2.45, 2.75) is 19.6 Å². The third-order valence-corrected chi connectivity index (χ3v) is 2.72. The van der Waals surface area contributed by atoms with E-state index in [4.69, 9.17) is 4.74 Å². The average Bonchev–Trinajstić information content (AvgIpc) is 2.92. The molecule has 1 aromatic carbocycles. The number of hydrogen-bond acceptors (Lipinski definition) is 3. The Kier molecular flexibility index (Phi) is 4.69. The van der Waals surface area contributed by atoms with E-state index in [2.05, 4.69) is 10.4 Å². The quantitative estimate of drug-likeness (QED) is 0.864. The molecule has 1 aromatic heterocycles. The first-order chi connectivity index (χ1) is 9.29. The first-order valence-electron chi connectivity index (χ1n) is 6.13. The summed E-state index contributed by atoms with van der Waals surface area (Å²) in [5, 5.41) is 6.96. The lowest BCUT2D eigenvalue weighted by atomic mass is 10.2. The second-order valence-electron chi connectivity index (χ2n) is 4.16. The zero-order chi connectivity index (χ0) is 13.5. The summed E-state index contributed by atoms with van der Waals surface area (Å²) in [5.74, 6) is -0.0287. The number of carbonyl (C=O) groups is 1. The maximum absolute atomic E-state index is 11.9. The van der Waals surface area contributed by atoms with Crippen LogP contribution in [-0.2, 0) is 22.7 Å². The first-order valence-corrected chi connectivity index (χ1v) is 6.13. The van der Waals surface area contributed by atoms with Crippen LogP contribution in [0.15, 0.2) is 42.7 Å². The highest BCUT2D eigenvalue weighted by Gasteiger charge is 2.06. The molecule has 0 atom stereocenters. The maximum Gasteiger partial charge on any atom is 0.226 e. The van der Waals surface area contributed by atoms with Crippen molar-refractivity contribution in [1.29, 1.82) is 0 Å². The molecule has 0 aliphatic heterocycles. The SMILES string of the molecule is COCc1ccccc1NC(=O)CCn1cccn1. The molecular formula is C14H17N3O2. The molecule has 1 N–H and O–H groups in total. The smallest absolute Gasteiger partial charge is 0.226 e. The van der Waals surface area contributed by atoms with E-state index >= 15 is 0 Å². The van der Waals surface area contributed by atoms with E-state index in [-0.39, 0.29) is 5.91 Å². The van der Waals surface area contributed by atoms with E-state index < -0.39 is 0 Å². The van der Waals surface area contributed by atoms with Crippen LogP contribution < -0.4 is 5.32 Å². The third kappa shape index (κ3) is 3.93. The number of anilines is 1. The van der Waals surface area contributed by atoms with Crippen LogP contribution in [0.4, 0.5) is 5.69 Å². The fourth-order valence-corrected chi connectivity index (χ4v) is 1.79. The number of methoxy groups -OCH3 is 1. The number of benzene rings is 1. The second kappa shape index (κ2) is 6.70. The number of aromatic nitrogens is 2. The van der Waals surface area contributed by atoms with Crippen molar-refractivity contribution in [3.63, 3.8) is 0 Å². The van der Waals surface area contributed by atoms with Crippen molar-refractivity contribution >= 4 is 11.6 Å². The first kappa shape index (κ1) is 13.3. The minimum atomic E-state index is -0.0287. The number of nitrogens with zero attached hydrogens (tertiary/aromatic N) is 2. The largest absolute Gasteiger partial charge is 0.380 e. The highest BCUT2D eigenvalue weighted by molar-refractivity contribution is 5.91. The Hall–Kier alpha value is -2.14. The number of nitrogens with one attached hydrogen (secondary N) is 1. The number of hydrogen-bond donors (Lipinski definition) is 1. The summed E-state index contributed by atoms with van der Waals surface area (Å²) in [5.41, 5.74) is 1.77. The maximum atomic E-state index is 11.9. The second-order valence-corrected chi connectivity index (χ2v) is 4.16. The zero-order valence-corrected chi connectivity index (χ0v) is 10.9. The molecule has 0 spiro atoms. The Morgan fingerprint density at radius 1 is 1.37 bits per heavy atom. The van der Waals surface area contributed by atoms with Crippen LogP contribution in [0.25, 0.3) is 0 Å². The van der Waals surface area contributed by atoms with E-state index in [1.807, 2.05) is 36.5 Å². The summed E-state index contributed by atoms with van der Waals surface area (Å²) in [6.45, 7) is 1.06. The van der Waals surface area contributed by atoms with Crippen LogP contribution in [0.1, 0.15) is 12.0 Å². The van der Waals surface area contributed by atoms with Gasteiger partial charge in [0.25, 0.3) is 0 Å². The molecule has 0 saturated heterocycles. The number of amides is 1. The Balaban J connectivity index is 1.91. The van der Waals surface area contributed by atoms with Gasteiger partial charge in [-0.3, -0.25) is 9.48 Å². The van der Waals surface area contributed by atoms with Crippen LogP contribution in [0.5, 0.6) is 0 Å². The summed E-state index contributed by atoms with van der Waals surface area (Å²) in [6, 6.07) is 9.47. The van der Waals surface area contributed by atoms with Gasteiger partial charge in [0.15, 0.2) is 0 Å². The topological polar surface area (TPSA) is 56.1 Å². The van der Waals surface area contributed by atoms with Crippen LogP contribution in [-0.4, -0.2) is 22.8 Å². The lowest BCUT2D eigenvalue weighted by Crippen LogP contribution is -2.15. The summed E-state index contributed by atoms with van der Waals surface area (Å²) < 4.78 is 6.84. The molecule has 1 heterocycles. The average molecular weight is 259 g/mol. The molecule has 5 nitrogen and oxygen atoms in total. The summed E-state index contributed by atoms with van der Waals surface area (Å²) in [6.07, 6.45) is 3.93. The van der Waals surface area contributed by atoms with Gasteiger partial charge in [0.05, 0.1) is 6.61 Å². The molecule has 0 radical (unpaired) electrons. The van der Waals surface area contributed by atoms with E-state index in [1.165, 1.54) is 0 Å². The molecule has 2 rings (SSSR count). The highest BCUT2D eigenvalue weighted by atomic mass is 16.5. The van der Waals surface area contributed by atoms with Crippen molar-refractivity contribution in [3.8, 4) is 0 Å². The summed E-state index contributed by atoms with van der Waals surface area (Å²) in [7, 11) is 1.64. The predicted molar refractivity (Wildman–Crippen MR) is 72.6 cm³/mol. The molecule has 2 aromatic rings. The van der Waals surface area contributed by atoms with E-state index in [1.54, 1.807) is 18.0 Å². The van der Waals surface area contributed by atoms with Crippen molar-refractivity contribution < 1.29 is 9.53 Å². The third-order valence-electron chi connectivity index (χ3n) is 2.72. The Morgan fingerprint density at radius 3 is 2.95 bits per heavy atom. The number of aryl methyl sites for hydroxylation is 1. The minimum absolute atomic E-state index is 0.0287. The molecule has 0 saturated carbocycles. The van der Waals surface area contributed by atoms with Gasteiger partial charge in [0, 0.05) is 43.7 Å². The van der Waals surface area contributed by atoms with Crippen molar-refractivity contribution in [1.82, 2.24) is 9.78 Å². The molecule has 1 amide bonds. The van der Waals surface area contributed by atoms with E-state index in [0.29, 0.717) is 19.6 Å². The molecule has 0 aliphatic rings. The van der Waals surface area contributed by atoms with Crippen molar-refractivity contribution in [3.05, 3.63) is 48.3 Å². The number of carbonyl (C=O) groups excluding carboxylic acids is 1. The van der Waals surface area contributed by atoms with Crippen LogP contribution in [0, 0.1) is 0 Å². The van der Waals surface area contributed by atoms with Gasteiger partial charge in [0.1, 0.15) is 0 Å². The van der Waals surface area contributed by atoms with E-state index in [9.17, 15) is 4.79 Å². The number of para-hydroxylation sites is 1. The highest BCUT2D eigenvalue weighted by Crippen LogP contribution is 2.16. The number of rotatable bonds is 6. The zero-order valence-electron chi connectivity index (χ0n) is 10.9. The van der Waals surface area contributed by atoms with E-state index in [0.717, 1.165) is 11.3 Å². The minimum Gasteiger partial charge on any atom is -0.380 e. The van der Waals surface area contributed by atoms with Gasteiger partial charge in [-0.2, -0.15) is 5.10 Å². The number of ether oxygens (including phenoxy) is 1. The normalized spacial score (nSPS) is 10.4. The van der Waals surface area contributed by atoms with Crippen LogP contribution >= 0.6 is 0 Å². The van der Waals surface area contributed by atoms with Gasteiger partial charge in [-0.05, 0) is 12.1 Å². The molecule has 0 aliphatic carbocycles. The van der Waals surface area contributed by atoms with Gasteiger partial charge in [0.2, 0.25) is 5.91 Å². The molecule has 0 bridgehead atoms.